The number of thiophene rings is 1. The standard InChI is InChI=1S/C19H20ClF3N2O4S2/c1-24(12-15-5-6-17(20)30-15)18(26)13-7-9-25(10-8-13)31(27,28)16-4-2-3-14(11-16)29-19(21,22)23/h2-6,11,13H,7-10,12H2,1H3. The normalized spacial score (nSPS) is 16.3. The zero-order valence-corrected chi connectivity index (χ0v) is 18.8. The van der Waals surface area contributed by atoms with Gasteiger partial charge in [-0.2, -0.15) is 4.31 Å². The maximum Gasteiger partial charge on any atom is 0.573 e. The van der Waals surface area contributed by atoms with Crippen LogP contribution in [0.3, 0.4) is 0 Å². The van der Waals surface area contributed by atoms with Gasteiger partial charge >= 0.3 is 6.36 Å². The van der Waals surface area contributed by atoms with Gasteiger partial charge in [-0.3, -0.25) is 4.79 Å². The summed E-state index contributed by atoms with van der Waals surface area (Å²) < 4.78 is 68.6. The molecule has 31 heavy (non-hydrogen) atoms. The molecule has 0 radical (unpaired) electrons. The highest BCUT2D eigenvalue weighted by Gasteiger charge is 2.35. The van der Waals surface area contributed by atoms with E-state index in [2.05, 4.69) is 4.74 Å². The minimum Gasteiger partial charge on any atom is -0.406 e. The van der Waals surface area contributed by atoms with E-state index in [9.17, 15) is 26.4 Å². The number of amides is 1. The van der Waals surface area contributed by atoms with E-state index in [1.165, 1.54) is 27.8 Å². The van der Waals surface area contributed by atoms with Crippen molar-refractivity contribution < 1.29 is 31.1 Å². The summed E-state index contributed by atoms with van der Waals surface area (Å²) in [6, 6.07) is 7.90. The lowest BCUT2D eigenvalue weighted by Crippen LogP contribution is -2.43. The van der Waals surface area contributed by atoms with Crippen LogP contribution in [0.4, 0.5) is 13.2 Å². The SMILES string of the molecule is CN(Cc1ccc(Cl)s1)C(=O)C1CCN(S(=O)(=O)c2cccc(OC(F)(F)F)c2)CC1. The molecular formula is C19H20ClF3N2O4S2. The molecule has 1 aromatic carbocycles. The van der Waals surface area contributed by atoms with Crippen LogP contribution in [0, 0.1) is 5.92 Å². The number of sulfonamides is 1. The van der Waals surface area contributed by atoms with Crippen molar-refractivity contribution in [1.29, 1.82) is 0 Å². The molecule has 170 valence electrons. The van der Waals surface area contributed by atoms with E-state index in [0.29, 0.717) is 23.7 Å². The third-order valence-electron chi connectivity index (χ3n) is 4.88. The Morgan fingerprint density at radius 1 is 1.26 bits per heavy atom. The Hall–Kier alpha value is -1.82. The number of hydrogen-bond acceptors (Lipinski definition) is 5. The van der Waals surface area contributed by atoms with Crippen molar-refractivity contribution in [3.63, 3.8) is 0 Å². The Bertz CT molecular complexity index is 1030. The highest BCUT2D eigenvalue weighted by Crippen LogP contribution is 2.29. The van der Waals surface area contributed by atoms with Crippen LogP contribution in [0.1, 0.15) is 17.7 Å². The van der Waals surface area contributed by atoms with E-state index >= 15 is 0 Å². The molecule has 1 fully saturated rings. The van der Waals surface area contributed by atoms with Gasteiger partial charge in [0.1, 0.15) is 5.75 Å². The molecule has 2 heterocycles. The number of piperidine rings is 1. The van der Waals surface area contributed by atoms with Gasteiger partial charge in [0, 0.05) is 37.0 Å². The van der Waals surface area contributed by atoms with Crippen molar-refractivity contribution in [2.24, 2.45) is 5.92 Å². The van der Waals surface area contributed by atoms with Crippen molar-refractivity contribution in [2.75, 3.05) is 20.1 Å². The van der Waals surface area contributed by atoms with Crippen LogP contribution in [0.15, 0.2) is 41.3 Å². The van der Waals surface area contributed by atoms with E-state index in [0.717, 1.165) is 17.0 Å². The first-order valence-corrected chi connectivity index (χ1v) is 11.9. The summed E-state index contributed by atoms with van der Waals surface area (Å²) in [5.74, 6) is -1.01. The summed E-state index contributed by atoms with van der Waals surface area (Å²) in [6.45, 7) is 0.615. The first kappa shape index (κ1) is 23.8. The highest BCUT2D eigenvalue weighted by atomic mass is 35.5. The van der Waals surface area contributed by atoms with Crippen LogP contribution in [-0.2, 0) is 21.4 Å². The molecule has 0 saturated carbocycles. The highest BCUT2D eigenvalue weighted by molar-refractivity contribution is 7.89. The van der Waals surface area contributed by atoms with Crippen molar-refractivity contribution in [3.05, 3.63) is 45.6 Å². The number of carbonyl (C=O) groups excluding carboxylic acids is 1. The second-order valence-corrected chi connectivity index (χ2v) is 10.8. The molecule has 1 amide bonds. The summed E-state index contributed by atoms with van der Waals surface area (Å²) in [7, 11) is -2.32. The molecular weight excluding hydrogens is 477 g/mol. The number of nitrogens with zero attached hydrogens (tertiary/aromatic N) is 2. The van der Waals surface area contributed by atoms with E-state index in [1.807, 2.05) is 6.07 Å². The van der Waals surface area contributed by atoms with E-state index in [1.54, 1.807) is 18.0 Å². The molecule has 1 aliphatic rings. The average molecular weight is 497 g/mol. The van der Waals surface area contributed by atoms with Crippen LogP contribution in [-0.4, -0.2) is 50.0 Å². The Kier molecular flexibility index (Phi) is 7.19. The fourth-order valence-electron chi connectivity index (χ4n) is 3.38. The third-order valence-corrected chi connectivity index (χ3v) is 7.99. The second-order valence-electron chi connectivity index (χ2n) is 7.10. The number of hydrogen-bond donors (Lipinski definition) is 0. The van der Waals surface area contributed by atoms with Gasteiger partial charge in [0.05, 0.1) is 15.8 Å². The summed E-state index contributed by atoms with van der Waals surface area (Å²) in [5, 5.41) is 0. The first-order valence-electron chi connectivity index (χ1n) is 9.31. The number of benzene rings is 1. The quantitative estimate of drug-likeness (QED) is 0.596. The average Bonchev–Trinajstić information content (AvgIpc) is 3.11. The van der Waals surface area contributed by atoms with Gasteiger partial charge in [0.2, 0.25) is 15.9 Å². The molecule has 0 N–H and O–H groups in total. The van der Waals surface area contributed by atoms with Crippen molar-refractivity contribution in [2.45, 2.75) is 30.6 Å². The van der Waals surface area contributed by atoms with Gasteiger partial charge in [0.25, 0.3) is 0 Å². The molecule has 0 spiro atoms. The number of halogens is 4. The topological polar surface area (TPSA) is 66.9 Å². The zero-order chi connectivity index (χ0) is 22.8. The number of rotatable bonds is 6. The molecule has 0 unspecified atom stereocenters. The summed E-state index contributed by atoms with van der Waals surface area (Å²) >= 11 is 7.30. The molecule has 3 rings (SSSR count). The van der Waals surface area contributed by atoms with Gasteiger partial charge in [-0.05, 0) is 37.1 Å². The molecule has 6 nitrogen and oxygen atoms in total. The third kappa shape index (κ3) is 6.12. The van der Waals surface area contributed by atoms with E-state index in [4.69, 9.17) is 11.6 Å². The van der Waals surface area contributed by atoms with Crippen LogP contribution in [0.2, 0.25) is 4.34 Å². The lowest BCUT2D eigenvalue weighted by Gasteiger charge is -2.32. The first-order chi connectivity index (χ1) is 14.5. The molecule has 12 heteroatoms. The van der Waals surface area contributed by atoms with Crippen LogP contribution < -0.4 is 4.74 Å². The summed E-state index contributed by atoms with van der Waals surface area (Å²) in [4.78, 5) is 15.0. The lowest BCUT2D eigenvalue weighted by atomic mass is 9.96. The summed E-state index contributed by atoms with van der Waals surface area (Å²) in [6.07, 6.45) is -4.26. The van der Waals surface area contributed by atoms with Gasteiger partial charge in [-0.1, -0.05) is 17.7 Å². The molecule has 1 saturated heterocycles. The van der Waals surface area contributed by atoms with Crippen molar-refractivity contribution in [1.82, 2.24) is 9.21 Å². The number of carbonyl (C=O) groups is 1. The monoisotopic (exact) mass is 496 g/mol. The van der Waals surface area contributed by atoms with E-state index in [-0.39, 0.29) is 29.8 Å². The van der Waals surface area contributed by atoms with Crippen molar-refractivity contribution >= 4 is 38.9 Å². The maximum atomic E-state index is 12.8. The fraction of sp³-hybridized carbons (Fsp3) is 0.421. The Balaban J connectivity index is 1.62. The lowest BCUT2D eigenvalue weighted by molar-refractivity contribution is -0.274. The predicted octanol–water partition coefficient (Wildman–Crippen LogP) is 4.36. The Morgan fingerprint density at radius 2 is 1.94 bits per heavy atom. The van der Waals surface area contributed by atoms with Crippen LogP contribution >= 0.6 is 22.9 Å². The fourth-order valence-corrected chi connectivity index (χ4v) is 6.03. The zero-order valence-electron chi connectivity index (χ0n) is 16.4. The van der Waals surface area contributed by atoms with Gasteiger partial charge in [-0.25, -0.2) is 8.42 Å². The summed E-state index contributed by atoms with van der Waals surface area (Å²) in [5.41, 5.74) is 0. The number of ether oxygens (including phenoxy) is 1. The largest absolute Gasteiger partial charge is 0.573 e. The minimum absolute atomic E-state index is 0.0813. The Labute approximate surface area is 187 Å². The maximum absolute atomic E-state index is 12.8. The van der Waals surface area contributed by atoms with Gasteiger partial charge in [-0.15, -0.1) is 24.5 Å². The molecule has 0 atom stereocenters. The Morgan fingerprint density at radius 3 is 2.52 bits per heavy atom. The van der Waals surface area contributed by atoms with Crippen molar-refractivity contribution in [3.8, 4) is 5.75 Å². The second kappa shape index (κ2) is 9.35. The molecule has 0 aliphatic carbocycles. The molecule has 1 aromatic heterocycles. The van der Waals surface area contributed by atoms with Crippen LogP contribution in [0.5, 0.6) is 5.75 Å². The minimum atomic E-state index is -4.92. The van der Waals surface area contributed by atoms with Gasteiger partial charge < -0.3 is 9.64 Å². The van der Waals surface area contributed by atoms with Gasteiger partial charge in [0.15, 0.2) is 0 Å². The predicted molar refractivity (Wildman–Crippen MR) is 110 cm³/mol. The smallest absolute Gasteiger partial charge is 0.406 e. The number of alkyl halides is 3. The molecule has 2 aromatic rings. The molecule has 0 bridgehead atoms. The molecule has 1 aliphatic heterocycles. The van der Waals surface area contributed by atoms with E-state index < -0.39 is 22.1 Å². The van der Waals surface area contributed by atoms with Crippen LogP contribution in [0.25, 0.3) is 0 Å².